The molecular formula is C20H20N2O4. The van der Waals surface area contributed by atoms with Gasteiger partial charge in [0.15, 0.2) is 5.78 Å². The lowest BCUT2D eigenvalue weighted by atomic mass is 9.91. The van der Waals surface area contributed by atoms with E-state index in [1.165, 1.54) is 7.11 Å². The number of aryl methyl sites for hydroxylation is 1. The minimum absolute atomic E-state index is 0.307. The molecule has 6 nitrogen and oxygen atoms in total. The van der Waals surface area contributed by atoms with E-state index in [0.717, 1.165) is 10.5 Å². The van der Waals surface area contributed by atoms with E-state index in [-0.39, 0.29) is 12.3 Å². The van der Waals surface area contributed by atoms with Crippen molar-refractivity contribution in [2.75, 3.05) is 13.7 Å². The quantitative estimate of drug-likeness (QED) is 0.663. The number of nitrogens with zero attached hydrogens (tertiary/aromatic N) is 1. The Morgan fingerprint density at radius 1 is 1.08 bits per heavy atom. The predicted molar refractivity (Wildman–Crippen MR) is 96.1 cm³/mol. The zero-order valence-corrected chi connectivity index (χ0v) is 14.9. The average molecular weight is 352 g/mol. The van der Waals surface area contributed by atoms with Crippen molar-refractivity contribution in [2.45, 2.75) is 19.4 Å². The van der Waals surface area contributed by atoms with Gasteiger partial charge in [-0.15, -0.1) is 0 Å². The van der Waals surface area contributed by atoms with Crippen LogP contribution in [0.15, 0.2) is 48.5 Å². The Kier molecular flexibility index (Phi) is 4.50. The lowest BCUT2D eigenvalue weighted by Gasteiger charge is -2.22. The molecule has 0 aliphatic carbocycles. The molecule has 0 bridgehead atoms. The van der Waals surface area contributed by atoms with E-state index in [9.17, 15) is 14.4 Å². The number of ether oxygens (including phenoxy) is 1. The van der Waals surface area contributed by atoms with E-state index in [1.807, 2.05) is 31.2 Å². The molecule has 1 aliphatic rings. The van der Waals surface area contributed by atoms with Gasteiger partial charge >= 0.3 is 6.03 Å². The van der Waals surface area contributed by atoms with Crippen LogP contribution in [0.2, 0.25) is 0 Å². The number of hydrogen-bond acceptors (Lipinski definition) is 4. The van der Waals surface area contributed by atoms with Crippen LogP contribution in [0.1, 0.15) is 28.4 Å². The van der Waals surface area contributed by atoms with Crippen LogP contribution in [0.4, 0.5) is 4.79 Å². The van der Waals surface area contributed by atoms with Crippen molar-refractivity contribution < 1.29 is 19.1 Å². The van der Waals surface area contributed by atoms with Gasteiger partial charge in [-0.05, 0) is 43.7 Å². The Morgan fingerprint density at radius 3 is 2.27 bits per heavy atom. The number of carbonyl (C=O) groups is 3. The standard InChI is InChI=1S/C20H20N2O4/c1-13-4-8-15(9-5-13)20(2)18(24)22(19(25)21-20)12-17(23)14-6-10-16(26-3)11-7-14/h4-11H,12H2,1-3H3,(H,21,25). The summed E-state index contributed by atoms with van der Waals surface area (Å²) < 4.78 is 5.06. The topological polar surface area (TPSA) is 75.7 Å². The fourth-order valence-corrected chi connectivity index (χ4v) is 2.93. The molecular weight excluding hydrogens is 332 g/mol. The molecule has 1 N–H and O–H groups in total. The summed E-state index contributed by atoms with van der Waals surface area (Å²) in [6, 6.07) is 13.4. The van der Waals surface area contributed by atoms with E-state index in [1.54, 1.807) is 31.2 Å². The van der Waals surface area contributed by atoms with Gasteiger partial charge in [-0.3, -0.25) is 14.5 Å². The molecule has 6 heteroatoms. The highest BCUT2D eigenvalue weighted by atomic mass is 16.5. The number of amides is 3. The minimum atomic E-state index is -1.18. The summed E-state index contributed by atoms with van der Waals surface area (Å²) in [5, 5.41) is 2.71. The summed E-state index contributed by atoms with van der Waals surface area (Å²) in [6.45, 7) is 3.29. The fourth-order valence-electron chi connectivity index (χ4n) is 2.93. The van der Waals surface area contributed by atoms with Gasteiger partial charge < -0.3 is 10.1 Å². The summed E-state index contributed by atoms with van der Waals surface area (Å²) in [6.07, 6.45) is 0. The van der Waals surface area contributed by atoms with Crippen molar-refractivity contribution in [1.29, 1.82) is 0 Å². The second kappa shape index (κ2) is 6.63. The normalized spacial score (nSPS) is 19.4. The van der Waals surface area contributed by atoms with Crippen molar-refractivity contribution in [3.63, 3.8) is 0 Å². The predicted octanol–water partition coefficient (Wildman–Crippen LogP) is 2.65. The number of imide groups is 1. The van der Waals surface area contributed by atoms with E-state index in [0.29, 0.717) is 16.9 Å². The largest absolute Gasteiger partial charge is 0.497 e. The molecule has 0 radical (unpaired) electrons. The number of ketones is 1. The van der Waals surface area contributed by atoms with E-state index >= 15 is 0 Å². The molecule has 0 aromatic heterocycles. The van der Waals surface area contributed by atoms with Gasteiger partial charge in [-0.1, -0.05) is 29.8 Å². The first kappa shape index (κ1) is 17.7. The SMILES string of the molecule is COc1ccc(C(=O)CN2C(=O)NC(C)(c3ccc(C)cc3)C2=O)cc1. The van der Waals surface area contributed by atoms with Crippen molar-refractivity contribution in [1.82, 2.24) is 10.2 Å². The number of rotatable bonds is 5. The molecule has 2 aromatic carbocycles. The highest BCUT2D eigenvalue weighted by Crippen LogP contribution is 2.29. The van der Waals surface area contributed by atoms with Gasteiger partial charge in [0.1, 0.15) is 11.3 Å². The summed E-state index contributed by atoms with van der Waals surface area (Å²) in [5.41, 5.74) is 0.974. The molecule has 1 saturated heterocycles. The minimum Gasteiger partial charge on any atom is -0.497 e. The highest BCUT2D eigenvalue weighted by molar-refractivity contribution is 6.11. The Labute approximate surface area is 151 Å². The Morgan fingerprint density at radius 2 is 1.69 bits per heavy atom. The van der Waals surface area contributed by atoms with Gasteiger partial charge in [-0.25, -0.2) is 4.79 Å². The summed E-state index contributed by atoms with van der Waals surface area (Å²) in [7, 11) is 1.54. The summed E-state index contributed by atoms with van der Waals surface area (Å²) >= 11 is 0. The van der Waals surface area contributed by atoms with E-state index < -0.39 is 17.5 Å². The van der Waals surface area contributed by atoms with Crippen LogP contribution in [-0.4, -0.2) is 36.3 Å². The van der Waals surface area contributed by atoms with Gasteiger partial charge in [0, 0.05) is 5.56 Å². The molecule has 3 rings (SSSR count). The molecule has 134 valence electrons. The third kappa shape index (κ3) is 3.06. The lowest BCUT2D eigenvalue weighted by molar-refractivity contribution is -0.130. The Balaban J connectivity index is 1.80. The van der Waals surface area contributed by atoms with Crippen LogP contribution in [0, 0.1) is 6.92 Å². The molecule has 0 spiro atoms. The first-order valence-corrected chi connectivity index (χ1v) is 8.23. The van der Waals surface area contributed by atoms with Gasteiger partial charge in [0.2, 0.25) is 0 Å². The third-order valence-electron chi connectivity index (χ3n) is 4.62. The second-order valence-electron chi connectivity index (χ2n) is 6.46. The van der Waals surface area contributed by atoms with Crippen LogP contribution in [0.3, 0.4) is 0 Å². The molecule has 1 heterocycles. The zero-order chi connectivity index (χ0) is 18.9. The maximum absolute atomic E-state index is 12.9. The zero-order valence-electron chi connectivity index (χ0n) is 14.9. The Bertz CT molecular complexity index is 858. The van der Waals surface area contributed by atoms with Gasteiger partial charge in [-0.2, -0.15) is 0 Å². The second-order valence-corrected chi connectivity index (χ2v) is 6.46. The molecule has 1 atom stereocenters. The molecule has 26 heavy (non-hydrogen) atoms. The van der Waals surface area contributed by atoms with Crippen molar-refractivity contribution in [3.05, 3.63) is 65.2 Å². The van der Waals surface area contributed by atoms with Crippen LogP contribution in [0.25, 0.3) is 0 Å². The summed E-state index contributed by atoms with van der Waals surface area (Å²) in [4.78, 5) is 38.6. The number of hydrogen-bond donors (Lipinski definition) is 1. The number of urea groups is 1. The van der Waals surface area contributed by atoms with Crippen molar-refractivity contribution in [2.24, 2.45) is 0 Å². The van der Waals surface area contributed by atoms with Crippen LogP contribution in [-0.2, 0) is 10.3 Å². The van der Waals surface area contributed by atoms with Crippen LogP contribution in [0.5, 0.6) is 5.75 Å². The molecule has 1 fully saturated rings. The van der Waals surface area contributed by atoms with Gasteiger partial charge in [0.05, 0.1) is 13.7 Å². The first-order chi connectivity index (χ1) is 12.3. The number of nitrogens with one attached hydrogen (secondary N) is 1. The third-order valence-corrected chi connectivity index (χ3v) is 4.62. The Hall–Kier alpha value is -3.15. The molecule has 0 saturated carbocycles. The fraction of sp³-hybridized carbons (Fsp3) is 0.250. The average Bonchev–Trinajstić information content (AvgIpc) is 2.86. The molecule has 1 aliphatic heterocycles. The monoisotopic (exact) mass is 352 g/mol. The molecule has 1 unspecified atom stereocenters. The number of carbonyl (C=O) groups excluding carboxylic acids is 3. The number of benzene rings is 2. The van der Waals surface area contributed by atoms with Crippen molar-refractivity contribution in [3.8, 4) is 5.75 Å². The summed E-state index contributed by atoms with van der Waals surface area (Å²) in [5.74, 6) is -0.124. The maximum Gasteiger partial charge on any atom is 0.325 e. The molecule has 2 aromatic rings. The van der Waals surface area contributed by atoms with Crippen LogP contribution < -0.4 is 10.1 Å². The van der Waals surface area contributed by atoms with Crippen molar-refractivity contribution >= 4 is 17.7 Å². The number of methoxy groups -OCH3 is 1. The molecule has 3 amide bonds. The smallest absolute Gasteiger partial charge is 0.325 e. The highest BCUT2D eigenvalue weighted by Gasteiger charge is 2.49. The van der Waals surface area contributed by atoms with Crippen LogP contribution >= 0.6 is 0 Å². The number of Topliss-reactive ketones (excluding diaryl/α,β-unsaturated/α-hetero) is 1. The maximum atomic E-state index is 12.9. The van der Waals surface area contributed by atoms with E-state index in [2.05, 4.69) is 5.32 Å². The van der Waals surface area contributed by atoms with E-state index in [4.69, 9.17) is 4.74 Å². The van der Waals surface area contributed by atoms with Gasteiger partial charge in [0.25, 0.3) is 5.91 Å². The first-order valence-electron chi connectivity index (χ1n) is 8.23. The lowest BCUT2D eigenvalue weighted by Crippen LogP contribution is -2.41.